The fourth-order valence-electron chi connectivity index (χ4n) is 3.82. The van der Waals surface area contributed by atoms with Gasteiger partial charge in [-0.1, -0.05) is 48.5 Å². The van der Waals surface area contributed by atoms with E-state index in [1.165, 1.54) is 5.56 Å². The third kappa shape index (κ3) is 3.66. The summed E-state index contributed by atoms with van der Waals surface area (Å²) in [5.74, 6) is 1.08. The number of nitrogens with zero attached hydrogens (tertiary/aromatic N) is 2. The molecule has 1 aliphatic rings. The molecule has 2 N–H and O–H groups in total. The summed E-state index contributed by atoms with van der Waals surface area (Å²) in [7, 11) is 0. The molecule has 1 fully saturated rings. The van der Waals surface area contributed by atoms with Gasteiger partial charge in [0, 0.05) is 29.9 Å². The summed E-state index contributed by atoms with van der Waals surface area (Å²) >= 11 is 0. The zero-order valence-electron chi connectivity index (χ0n) is 16.0. The molecule has 1 amide bonds. The van der Waals surface area contributed by atoms with E-state index in [4.69, 9.17) is 4.42 Å². The molecular weight excluding hydrogens is 364 g/mol. The topological polar surface area (TPSA) is 83.8 Å². The van der Waals surface area contributed by atoms with Crippen LogP contribution in [0, 0.1) is 0 Å². The van der Waals surface area contributed by atoms with Crippen molar-refractivity contribution >= 4 is 16.8 Å². The van der Waals surface area contributed by atoms with Crippen LogP contribution < -0.4 is 5.32 Å². The van der Waals surface area contributed by atoms with Crippen LogP contribution in [0.15, 0.2) is 65.2 Å². The second-order valence-electron chi connectivity index (χ2n) is 7.62. The lowest BCUT2D eigenvalue weighted by Crippen LogP contribution is -2.34. The van der Waals surface area contributed by atoms with Gasteiger partial charge in [0.15, 0.2) is 0 Å². The third-order valence-corrected chi connectivity index (χ3v) is 5.55. The number of benzene rings is 2. The molecule has 1 aliphatic carbocycles. The maximum Gasteiger partial charge on any atom is 0.221 e. The summed E-state index contributed by atoms with van der Waals surface area (Å²) in [4.78, 5) is 15.7. The average Bonchev–Trinajstić information content (AvgIpc) is 3.21. The summed E-state index contributed by atoms with van der Waals surface area (Å²) < 4.78 is 5.77. The highest BCUT2D eigenvalue weighted by atomic mass is 16.4. The number of carbonyl (C=O) groups excluding carboxylic acids is 1. The van der Waals surface area contributed by atoms with Crippen molar-refractivity contribution in [2.24, 2.45) is 0 Å². The maximum atomic E-state index is 12.4. The SMILES string of the molecule is O=C(CCc1nnc(Cc2c[nH]c3ccccc23)o1)NC1(c2ccccc2)CC1. The predicted molar refractivity (Wildman–Crippen MR) is 109 cm³/mol. The van der Waals surface area contributed by atoms with Crippen LogP contribution in [0.2, 0.25) is 0 Å². The van der Waals surface area contributed by atoms with Gasteiger partial charge in [-0.05, 0) is 30.0 Å². The Labute approximate surface area is 168 Å². The summed E-state index contributed by atoms with van der Waals surface area (Å²) in [6.45, 7) is 0. The van der Waals surface area contributed by atoms with Crippen molar-refractivity contribution in [3.63, 3.8) is 0 Å². The van der Waals surface area contributed by atoms with Crippen molar-refractivity contribution in [3.8, 4) is 0 Å². The quantitative estimate of drug-likeness (QED) is 0.505. The summed E-state index contributed by atoms with van der Waals surface area (Å²) in [5, 5.41) is 12.6. The van der Waals surface area contributed by atoms with Gasteiger partial charge in [-0.15, -0.1) is 10.2 Å². The Morgan fingerprint density at radius 3 is 2.62 bits per heavy atom. The highest BCUT2D eigenvalue weighted by molar-refractivity contribution is 5.83. The van der Waals surface area contributed by atoms with Gasteiger partial charge in [-0.2, -0.15) is 0 Å². The Kier molecular flexibility index (Phi) is 4.39. The highest BCUT2D eigenvalue weighted by Gasteiger charge is 2.45. The zero-order chi connectivity index (χ0) is 19.7. The minimum absolute atomic E-state index is 0.0164. The standard InChI is InChI=1S/C23H22N4O2/c28-20(25-23(12-13-23)17-6-2-1-3-7-17)10-11-21-26-27-22(29-21)14-16-15-24-19-9-5-4-8-18(16)19/h1-9,15,24H,10-14H2,(H,25,28). The molecule has 0 unspecified atom stereocenters. The number of aromatic amines is 1. The molecule has 2 aromatic carbocycles. The number of H-pyrrole nitrogens is 1. The van der Waals surface area contributed by atoms with Crippen molar-refractivity contribution in [2.75, 3.05) is 0 Å². The highest BCUT2D eigenvalue weighted by Crippen LogP contribution is 2.45. The van der Waals surface area contributed by atoms with E-state index in [0.29, 0.717) is 31.0 Å². The Morgan fingerprint density at radius 1 is 1.03 bits per heavy atom. The molecule has 146 valence electrons. The van der Waals surface area contributed by atoms with Gasteiger partial charge in [0.2, 0.25) is 17.7 Å². The average molecular weight is 386 g/mol. The minimum atomic E-state index is -0.187. The van der Waals surface area contributed by atoms with Crippen LogP contribution in [0.3, 0.4) is 0 Å². The van der Waals surface area contributed by atoms with E-state index >= 15 is 0 Å². The molecule has 2 heterocycles. The number of carbonyl (C=O) groups is 1. The van der Waals surface area contributed by atoms with Crippen LogP contribution in [0.1, 0.15) is 42.2 Å². The van der Waals surface area contributed by atoms with E-state index in [1.54, 1.807) is 0 Å². The van der Waals surface area contributed by atoms with Gasteiger partial charge >= 0.3 is 0 Å². The van der Waals surface area contributed by atoms with Gasteiger partial charge in [-0.3, -0.25) is 4.79 Å². The first-order valence-electron chi connectivity index (χ1n) is 9.95. The van der Waals surface area contributed by atoms with Gasteiger partial charge in [0.05, 0.1) is 12.0 Å². The Hall–Kier alpha value is -3.41. The molecular formula is C23H22N4O2. The van der Waals surface area contributed by atoms with E-state index in [1.807, 2.05) is 42.6 Å². The van der Waals surface area contributed by atoms with Crippen LogP contribution in [0.25, 0.3) is 10.9 Å². The number of rotatable bonds is 7. The Morgan fingerprint density at radius 2 is 1.79 bits per heavy atom. The molecule has 6 heteroatoms. The van der Waals surface area contributed by atoms with Crippen molar-refractivity contribution in [1.82, 2.24) is 20.5 Å². The Bertz CT molecular complexity index is 1140. The summed E-state index contributed by atoms with van der Waals surface area (Å²) in [5.41, 5.74) is 3.19. The molecule has 0 radical (unpaired) electrons. The molecule has 2 aromatic heterocycles. The molecule has 4 aromatic rings. The monoisotopic (exact) mass is 386 g/mol. The molecule has 5 rings (SSSR count). The van der Waals surface area contributed by atoms with E-state index in [0.717, 1.165) is 29.3 Å². The lowest BCUT2D eigenvalue weighted by atomic mass is 10.0. The second-order valence-corrected chi connectivity index (χ2v) is 7.62. The molecule has 0 atom stereocenters. The molecule has 0 spiro atoms. The molecule has 0 bridgehead atoms. The Balaban J connectivity index is 1.18. The number of para-hydroxylation sites is 1. The fraction of sp³-hybridized carbons (Fsp3) is 0.261. The summed E-state index contributed by atoms with van der Waals surface area (Å²) in [6.07, 6.45) is 5.29. The van der Waals surface area contributed by atoms with Gasteiger partial charge in [0.1, 0.15) is 0 Å². The molecule has 6 nitrogen and oxygen atoms in total. The van der Waals surface area contributed by atoms with Gasteiger partial charge in [0.25, 0.3) is 0 Å². The first-order chi connectivity index (χ1) is 14.2. The number of aryl methyl sites for hydroxylation is 1. The third-order valence-electron chi connectivity index (χ3n) is 5.55. The number of fused-ring (bicyclic) bond motifs is 1. The summed E-state index contributed by atoms with van der Waals surface area (Å²) in [6, 6.07) is 18.3. The fourth-order valence-corrected chi connectivity index (χ4v) is 3.82. The molecule has 0 saturated heterocycles. The first kappa shape index (κ1) is 17.7. The van der Waals surface area contributed by atoms with Gasteiger partial charge < -0.3 is 14.7 Å². The predicted octanol–water partition coefficient (Wildman–Crippen LogP) is 3.88. The van der Waals surface area contributed by atoms with Crippen molar-refractivity contribution in [3.05, 3.63) is 83.7 Å². The number of nitrogens with one attached hydrogen (secondary N) is 2. The largest absolute Gasteiger partial charge is 0.425 e. The van der Waals surface area contributed by atoms with Crippen molar-refractivity contribution < 1.29 is 9.21 Å². The maximum absolute atomic E-state index is 12.4. The molecule has 29 heavy (non-hydrogen) atoms. The zero-order valence-corrected chi connectivity index (χ0v) is 16.0. The van der Waals surface area contributed by atoms with E-state index in [9.17, 15) is 4.79 Å². The van der Waals surface area contributed by atoms with E-state index in [2.05, 4.69) is 38.7 Å². The van der Waals surface area contributed by atoms with E-state index < -0.39 is 0 Å². The number of hydrogen-bond donors (Lipinski definition) is 2. The number of aromatic nitrogens is 3. The second kappa shape index (κ2) is 7.20. The minimum Gasteiger partial charge on any atom is -0.425 e. The van der Waals surface area contributed by atoms with Crippen LogP contribution in [-0.4, -0.2) is 21.1 Å². The molecule has 1 saturated carbocycles. The van der Waals surface area contributed by atoms with Crippen LogP contribution in [0.5, 0.6) is 0 Å². The smallest absolute Gasteiger partial charge is 0.221 e. The normalized spacial score (nSPS) is 14.8. The number of hydrogen-bond acceptors (Lipinski definition) is 4. The lowest BCUT2D eigenvalue weighted by molar-refractivity contribution is -0.122. The lowest BCUT2D eigenvalue weighted by Gasteiger charge is -2.17. The van der Waals surface area contributed by atoms with E-state index in [-0.39, 0.29) is 11.4 Å². The van der Waals surface area contributed by atoms with Gasteiger partial charge in [-0.25, -0.2) is 0 Å². The number of amides is 1. The van der Waals surface area contributed by atoms with Crippen LogP contribution in [0.4, 0.5) is 0 Å². The molecule has 0 aliphatic heterocycles. The first-order valence-corrected chi connectivity index (χ1v) is 9.95. The van der Waals surface area contributed by atoms with Crippen LogP contribution in [-0.2, 0) is 23.2 Å². The van der Waals surface area contributed by atoms with Crippen LogP contribution >= 0.6 is 0 Å². The van der Waals surface area contributed by atoms with Crippen molar-refractivity contribution in [1.29, 1.82) is 0 Å². The van der Waals surface area contributed by atoms with Crippen molar-refractivity contribution in [2.45, 2.75) is 37.6 Å².